The van der Waals surface area contributed by atoms with Gasteiger partial charge in [0.1, 0.15) is 0 Å². The van der Waals surface area contributed by atoms with Gasteiger partial charge in [0.05, 0.1) is 31.6 Å². The van der Waals surface area contributed by atoms with Gasteiger partial charge < -0.3 is 9.13 Å². The summed E-state index contributed by atoms with van der Waals surface area (Å²) in [5, 5.41) is 0. The van der Waals surface area contributed by atoms with Gasteiger partial charge in [0.25, 0.3) is 0 Å². The molecule has 0 spiro atoms. The molecule has 2 heterocycles. The average Bonchev–Trinajstić information content (AvgIpc) is 3.13. The molecule has 0 N–H and O–H groups in total. The molecule has 0 radical (unpaired) electrons. The maximum absolute atomic E-state index is 13.4. The Morgan fingerprint density at radius 3 is 1.34 bits per heavy atom. The van der Waals surface area contributed by atoms with Crippen molar-refractivity contribution in [2.45, 2.75) is 22.1 Å². The first-order valence-corrected chi connectivity index (χ1v) is 13.1. The molecule has 0 aliphatic heterocycles. The first-order chi connectivity index (χ1) is 14.8. The van der Waals surface area contributed by atoms with Crippen LogP contribution in [0, 0.1) is 7.91 Å². The van der Waals surface area contributed by atoms with Crippen molar-refractivity contribution in [3.8, 4) is 0 Å². The van der Waals surface area contributed by atoms with Crippen LogP contribution in [0.1, 0.15) is 11.1 Å². The number of hydrogen-bond acceptors (Lipinski definition) is 6. The second-order valence-electron chi connectivity index (χ2n) is 6.66. The molecule has 0 aliphatic carbocycles. The molecule has 32 heavy (non-hydrogen) atoms. The molecule has 0 amide bonds. The summed E-state index contributed by atoms with van der Waals surface area (Å²) in [5.74, 6) is 0. The molecule has 2 aromatic carbocycles. The van der Waals surface area contributed by atoms with Gasteiger partial charge in [-0.1, -0.05) is 21.6 Å². The number of halogens is 6. The van der Waals surface area contributed by atoms with E-state index in [1.807, 2.05) is 0 Å². The Bertz CT molecular complexity index is 1360. The summed E-state index contributed by atoms with van der Waals surface area (Å²) in [6.45, 7) is 0. The number of fused-ring (bicyclic) bond motifs is 2. The second-order valence-corrected chi connectivity index (χ2v) is 12.2. The molecule has 2 aromatic heterocycles. The van der Waals surface area contributed by atoms with Crippen molar-refractivity contribution in [3.05, 3.63) is 43.3 Å². The third-order valence-electron chi connectivity index (χ3n) is 4.57. The summed E-state index contributed by atoms with van der Waals surface area (Å²) in [5.41, 5.74) is -0.666. The highest BCUT2D eigenvalue weighted by molar-refractivity contribution is 8.76. The number of thiazole rings is 2. The van der Waals surface area contributed by atoms with Gasteiger partial charge in [0.15, 0.2) is 7.91 Å². The van der Waals surface area contributed by atoms with Crippen molar-refractivity contribution in [1.82, 2.24) is 9.13 Å². The quantitative estimate of drug-likeness (QED) is 0.140. The summed E-state index contributed by atoms with van der Waals surface area (Å²) in [6.07, 6.45) is -9.14. The van der Waals surface area contributed by atoms with E-state index in [4.69, 9.17) is 24.4 Å². The smallest absolute Gasteiger partial charge is 0.325 e. The molecule has 0 fully saturated rings. The lowest BCUT2D eigenvalue weighted by Gasteiger charge is -2.13. The molecular formula is C18H10F6N2S6. The molecule has 0 bridgehead atoms. The van der Waals surface area contributed by atoms with E-state index in [1.54, 1.807) is 23.2 Å². The van der Waals surface area contributed by atoms with Gasteiger partial charge in [0.2, 0.25) is 0 Å². The molecule has 0 aliphatic rings. The molecule has 170 valence electrons. The van der Waals surface area contributed by atoms with Crippen LogP contribution >= 0.6 is 68.7 Å². The maximum Gasteiger partial charge on any atom is 0.416 e. The Morgan fingerprint density at radius 1 is 0.688 bits per heavy atom. The number of aryl methyl sites for hydroxylation is 2. The Hall–Kier alpha value is -1.06. The van der Waals surface area contributed by atoms with Crippen LogP contribution in [0.25, 0.3) is 20.4 Å². The molecular weight excluding hydrogens is 551 g/mol. The minimum Gasteiger partial charge on any atom is -0.325 e. The normalized spacial score (nSPS) is 12.9. The van der Waals surface area contributed by atoms with Crippen molar-refractivity contribution in [2.24, 2.45) is 14.1 Å². The van der Waals surface area contributed by atoms with Crippen molar-refractivity contribution >= 4 is 89.1 Å². The number of aromatic nitrogens is 2. The van der Waals surface area contributed by atoms with Gasteiger partial charge >= 0.3 is 12.4 Å². The van der Waals surface area contributed by atoms with Crippen LogP contribution in [-0.2, 0) is 26.4 Å². The number of alkyl halides is 6. The van der Waals surface area contributed by atoms with Crippen molar-refractivity contribution < 1.29 is 26.3 Å². The van der Waals surface area contributed by atoms with E-state index >= 15 is 0 Å². The van der Waals surface area contributed by atoms with Crippen LogP contribution in [-0.4, -0.2) is 9.13 Å². The van der Waals surface area contributed by atoms with Crippen LogP contribution in [0.5, 0.6) is 0 Å². The molecule has 0 atom stereocenters. The van der Waals surface area contributed by atoms with Gasteiger partial charge in [0, 0.05) is 23.9 Å². The minimum absolute atomic E-state index is 0.261. The van der Waals surface area contributed by atoms with E-state index in [0.717, 1.165) is 68.5 Å². The van der Waals surface area contributed by atoms with E-state index in [1.165, 1.54) is 0 Å². The van der Waals surface area contributed by atoms with Crippen molar-refractivity contribution in [3.63, 3.8) is 0 Å². The third kappa shape index (κ3) is 4.37. The zero-order chi connectivity index (χ0) is 23.6. The fourth-order valence-corrected chi connectivity index (χ4v) is 8.26. The molecule has 4 rings (SSSR count). The van der Waals surface area contributed by atoms with Crippen LogP contribution < -0.4 is 0 Å². The first kappa shape index (κ1) is 24.1. The molecule has 4 aromatic rings. The van der Waals surface area contributed by atoms with Gasteiger partial charge in [-0.15, -0.1) is 22.7 Å². The molecule has 0 unspecified atom stereocenters. The number of benzene rings is 2. The van der Waals surface area contributed by atoms with Gasteiger partial charge in [-0.05, 0) is 48.7 Å². The van der Waals surface area contributed by atoms with E-state index in [0.29, 0.717) is 28.3 Å². The minimum atomic E-state index is -4.57. The molecule has 14 heteroatoms. The van der Waals surface area contributed by atoms with Crippen LogP contribution in [0.2, 0.25) is 0 Å². The fourth-order valence-electron chi connectivity index (χ4n) is 3.03. The highest BCUT2D eigenvalue weighted by Gasteiger charge is 2.33. The molecule has 2 nitrogen and oxygen atoms in total. The zero-order valence-electron chi connectivity index (χ0n) is 15.9. The number of nitrogens with zero attached hydrogens (tertiary/aromatic N) is 2. The van der Waals surface area contributed by atoms with Crippen LogP contribution in [0.15, 0.2) is 34.1 Å². The molecule has 0 saturated heterocycles. The van der Waals surface area contributed by atoms with Gasteiger partial charge in [-0.25, -0.2) is 0 Å². The Labute approximate surface area is 203 Å². The van der Waals surface area contributed by atoms with Crippen molar-refractivity contribution in [1.29, 1.82) is 0 Å². The zero-order valence-corrected chi connectivity index (χ0v) is 20.8. The summed E-state index contributed by atoms with van der Waals surface area (Å²) in [7, 11) is 5.21. The lowest BCUT2D eigenvalue weighted by molar-refractivity contribution is -0.138. The third-order valence-corrected chi connectivity index (χ3v) is 9.97. The fraction of sp³-hybridized carbons (Fsp3) is 0.222. The Morgan fingerprint density at radius 2 is 1.03 bits per heavy atom. The first-order valence-electron chi connectivity index (χ1n) is 8.53. The average molecular weight is 561 g/mol. The van der Waals surface area contributed by atoms with Crippen LogP contribution in [0.3, 0.4) is 0 Å². The van der Waals surface area contributed by atoms with Gasteiger partial charge in [-0.3, -0.25) is 0 Å². The highest BCUT2D eigenvalue weighted by Crippen LogP contribution is 2.48. The number of rotatable bonds is 3. The SMILES string of the molecule is Cn1c(=S)sc2cc(C(F)(F)F)cc(SSc3cc(C(F)(F)F)cc4sc(=S)n(C)c34)c21. The predicted octanol–water partition coefficient (Wildman–Crippen LogP) is 9.09. The summed E-state index contributed by atoms with van der Waals surface area (Å²) in [6, 6.07) is 4.07. The summed E-state index contributed by atoms with van der Waals surface area (Å²) < 4.78 is 85.3. The topological polar surface area (TPSA) is 9.86 Å². The lowest BCUT2D eigenvalue weighted by Crippen LogP contribution is -2.05. The lowest BCUT2D eigenvalue weighted by atomic mass is 10.2. The van der Waals surface area contributed by atoms with E-state index in [2.05, 4.69) is 0 Å². The van der Waals surface area contributed by atoms with E-state index in [-0.39, 0.29) is 9.79 Å². The maximum atomic E-state index is 13.4. The second kappa shape index (κ2) is 8.31. The Balaban J connectivity index is 1.87. The summed E-state index contributed by atoms with van der Waals surface area (Å²) in [4.78, 5) is 0.522. The van der Waals surface area contributed by atoms with Crippen molar-refractivity contribution in [2.75, 3.05) is 0 Å². The standard InChI is InChI=1S/C18H10F6N2S6/c1-25-13-9(29-15(25)27)3-7(17(19,20)21)5-11(13)31-32-12-6-8(18(22,23)24)4-10-14(12)26(2)16(28)30-10/h3-6H,1-2H3. The van der Waals surface area contributed by atoms with Crippen LogP contribution in [0.4, 0.5) is 26.3 Å². The van der Waals surface area contributed by atoms with Gasteiger partial charge in [-0.2, -0.15) is 26.3 Å². The van der Waals surface area contributed by atoms with E-state index in [9.17, 15) is 26.3 Å². The molecule has 0 saturated carbocycles. The Kier molecular flexibility index (Phi) is 6.25. The largest absolute Gasteiger partial charge is 0.416 e. The highest BCUT2D eigenvalue weighted by atomic mass is 33.1. The number of hydrogen-bond donors (Lipinski definition) is 0. The predicted molar refractivity (Wildman–Crippen MR) is 125 cm³/mol. The summed E-state index contributed by atoms with van der Waals surface area (Å²) >= 11 is 12.5. The monoisotopic (exact) mass is 560 g/mol. The van der Waals surface area contributed by atoms with E-state index < -0.39 is 23.5 Å².